The Morgan fingerprint density at radius 2 is 1.94 bits per heavy atom. The van der Waals surface area contributed by atoms with E-state index in [1.54, 1.807) is 10.9 Å². The van der Waals surface area contributed by atoms with Gasteiger partial charge in [0.05, 0.1) is 11.9 Å². The second-order valence-electron chi connectivity index (χ2n) is 3.99. The molecule has 0 aliphatic carbocycles. The van der Waals surface area contributed by atoms with Gasteiger partial charge in [0.25, 0.3) is 0 Å². The fraction of sp³-hybridized carbons (Fsp3) is 0.308. The van der Waals surface area contributed by atoms with Crippen molar-refractivity contribution in [3.05, 3.63) is 41.6 Å². The van der Waals surface area contributed by atoms with Gasteiger partial charge in [-0.2, -0.15) is 5.10 Å². The molecule has 0 saturated carbocycles. The largest absolute Gasteiger partial charge is 0.493 e. The number of aromatic hydroxyl groups is 1. The number of hydrogen-bond acceptors (Lipinski definition) is 2. The molecule has 1 heterocycles. The van der Waals surface area contributed by atoms with Crippen LogP contribution in [0.1, 0.15) is 24.5 Å². The van der Waals surface area contributed by atoms with Gasteiger partial charge in [0.15, 0.2) is 0 Å². The molecule has 0 aliphatic rings. The third-order valence-electron chi connectivity index (χ3n) is 2.61. The second-order valence-corrected chi connectivity index (χ2v) is 3.99. The van der Waals surface area contributed by atoms with Crippen LogP contribution in [0.4, 0.5) is 0 Å². The van der Waals surface area contributed by atoms with E-state index in [2.05, 4.69) is 12.0 Å². The molecule has 0 fully saturated rings. The smallest absolute Gasteiger partial charge is 0.217 e. The number of benzene rings is 1. The third kappa shape index (κ3) is 1.94. The van der Waals surface area contributed by atoms with Gasteiger partial charge in [0.2, 0.25) is 5.88 Å². The molecule has 1 aromatic heterocycles. The summed E-state index contributed by atoms with van der Waals surface area (Å²) < 4.78 is 1.57. The summed E-state index contributed by atoms with van der Waals surface area (Å²) >= 11 is 0. The molecule has 0 bridgehead atoms. The maximum absolute atomic E-state index is 9.98. The molecular weight excluding hydrogens is 200 g/mol. The topological polar surface area (TPSA) is 38.0 Å². The zero-order valence-corrected chi connectivity index (χ0v) is 9.64. The van der Waals surface area contributed by atoms with Gasteiger partial charge in [-0.3, -0.25) is 0 Å². The predicted octanol–water partition coefficient (Wildman–Crippen LogP) is 2.84. The van der Waals surface area contributed by atoms with Crippen molar-refractivity contribution in [2.75, 3.05) is 0 Å². The van der Waals surface area contributed by atoms with Gasteiger partial charge < -0.3 is 5.11 Å². The summed E-state index contributed by atoms with van der Waals surface area (Å²) in [6, 6.07) is 7.93. The van der Waals surface area contributed by atoms with Crippen LogP contribution >= 0.6 is 0 Å². The van der Waals surface area contributed by atoms with E-state index in [4.69, 9.17) is 0 Å². The summed E-state index contributed by atoms with van der Waals surface area (Å²) in [5.41, 5.74) is 3.00. The van der Waals surface area contributed by atoms with E-state index >= 15 is 0 Å². The molecule has 1 aromatic carbocycles. The fourth-order valence-corrected chi connectivity index (χ4v) is 1.70. The van der Waals surface area contributed by atoms with Gasteiger partial charge in [0.1, 0.15) is 0 Å². The zero-order chi connectivity index (χ0) is 11.5. The Morgan fingerprint density at radius 3 is 2.56 bits per heavy atom. The first-order valence-electron chi connectivity index (χ1n) is 5.55. The lowest BCUT2D eigenvalue weighted by Gasteiger charge is -2.04. The van der Waals surface area contributed by atoms with Gasteiger partial charge in [-0.25, -0.2) is 4.68 Å². The number of aromatic nitrogens is 2. The second kappa shape index (κ2) is 4.39. The van der Waals surface area contributed by atoms with Crippen molar-refractivity contribution in [3.8, 4) is 11.6 Å². The van der Waals surface area contributed by atoms with Crippen molar-refractivity contribution in [1.82, 2.24) is 9.78 Å². The molecule has 2 aromatic rings. The van der Waals surface area contributed by atoms with Gasteiger partial charge in [0, 0.05) is 5.56 Å². The Hall–Kier alpha value is -1.77. The van der Waals surface area contributed by atoms with Crippen LogP contribution in [0.3, 0.4) is 0 Å². The molecule has 84 valence electrons. The standard InChI is InChI=1S/C13H16N2O/c1-3-4-11-9-14-15(13(11)16)12-7-5-10(2)6-8-12/h5-9,16H,3-4H2,1-2H3. The minimum atomic E-state index is 0.255. The molecule has 0 radical (unpaired) electrons. The monoisotopic (exact) mass is 216 g/mol. The van der Waals surface area contributed by atoms with E-state index in [0.717, 1.165) is 24.1 Å². The molecule has 3 heteroatoms. The average Bonchev–Trinajstić information content (AvgIpc) is 2.63. The Labute approximate surface area is 95.3 Å². The van der Waals surface area contributed by atoms with Crippen LogP contribution in [0.5, 0.6) is 5.88 Å². The predicted molar refractivity (Wildman–Crippen MR) is 64.0 cm³/mol. The van der Waals surface area contributed by atoms with Crippen molar-refractivity contribution in [2.24, 2.45) is 0 Å². The first-order chi connectivity index (χ1) is 7.72. The Balaban J connectivity index is 2.37. The minimum Gasteiger partial charge on any atom is -0.493 e. The van der Waals surface area contributed by atoms with Crippen LogP contribution < -0.4 is 0 Å². The maximum Gasteiger partial charge on any atom is 0.217 e. The Kier molecular flexibility index (Phi) is 2.95. The van der Waals surface area contributed by atoms with Crippen molar-refractivity contribution in [1.29, 1.82) is 0 Å². The molecular formula is C13H16N2O. The summed E-state index contributed by atoms with van der Waals surface area (Å²) in [4.78, 5) is 0. The summed E-state index contributed by atoms with van der Waals surface area (Å²) in [6.45, 7) is 4.12. The first kappa shape index (κ1) is 10.7. The molecule has 1 N–H and O–H groups in total. The Morgan fingerprint density at radius 1 is 1.25 bits per heavy atom. The van der Waals surface area contributed by atoms with Crippen LogP contribution in [0.25, 0.3) is 5.69 Å². The molecule has 2 rings (SSSR count). The highest BCUT2D eigenvalue weighted by Crippen LogP contribution is 2.22. The van der Waals surface area contributed by atoms with Crippen molar-refractivity contribution in [2.45, 2.75) is 26.7 Å². The highest BCUT2D eigenvalue weighted by molar-refractivity contribution is 5.39. The van der Waals surface area contributed by atoms with Crippen LogP contribution in [0.2, 0.25) is 0 Å². The molecule has 0 saturated heterocycles. The SMILES string of the molecule is CCCc1cnn(-c2ccc(C)cc2)c1O. The Bertz CT molecular complexity index is 471. The zero-order valence-electron chi connectivity index (χ0n) is 9.64. The molecule has 3 nitrogen and oxygen atoms in total. The lowest BCUT2D eigenvalue weighted by Crippen LogP contribution is -1.95. The number of aryl methyl sites for hydroxylation is 2. The van der Waals surface area contributed by atoms with E-state index in [1.165, 1.54) is 5.56 Å². The van der Waals surface area contributed by atoms with Crippen molar-refractivity contribution < 1.29 is 5.11 Å². The normalized spacial score (nSPS) is 10.6. The quantitative estimate of drug-likeness (QED) is 0.856. The van der Waals surface area contributed by atoms with Crippen molar-refractivity contribution >= 4 is 0 Å². The van der Waals surface area contributed by atoms with Crippen LogP contribution in [0.15, 0.2) is 30.5 Å². The summed E-state index contributed by atoms with van der Waals surface area (Å²) in [7, 11) is 0. The van der Waals surface area contributed by atoms with E-state index < -0.39 is 0 Å². The molecule has 0 atom stereocenters. The highest BCUT2D eigenvalue weighted by Gasteiger charge is 2.09. The minimum absolute atomic E-state index is 0.255. The van der Waals surface area contributed by atoms with Gasteiger partial charge in [-0.1, -0.05) is 31.0 Å². The van der Waals surface area contributed by atoms with Crippen LogP contribution in [-0.2, 0) is 6.42 Å². The first-order valence-corrected chi connectivity index (χ1v) is 5.55. The number of nitrogens with zero attached hydrogens (tertiary/aromatic N) is 2. The average molecular weight is 216 g/mol. The highest BCUT2D eigenvalue weighted by atomic mass is 16.3. The summed E-state index contributed by atoms with van der Waals surface area (Å²) in [5, 5.41) is 14.2. The van der Waals surface area contributed by atoms with E-state index in [0.29, 0.717) is 0 Å². The third-order valence-corrected chi connectivity index (χ3v) is 2.61. The lowest BCUT2D eigenvalue weighted by molar-refractivity contribution is 0.427. The molecule has 0 aliphatic heterocycles. The van der Waals surface area contributed by atoms with E-state index in [-0.39, 0.29) is 5.88 Å². The number of rotatable bonds is 3. The van der Waals surface area contributed by atoms with Crippen molar-refractivity contribution in [3.63, 3.8) is 0 Å². The van der Waals surface area contributed by atoms with Gasteiger partial charge >= 0.3 is 0 Å². The number of hydrogen-bond donors (Lipinski definition) is 1. The maximum atomic E-state index is 9.98. The van der Waals surface area contributed by atoms with E-state index in [1.807, 2.05) is 31.2 Å². The van der Waals surface area contributed by atoms with E-state index in [9.17, 15) is 5.11 Å². The molecule has 0 unspecified atom stereocenters. The molecule has 0 spiro atoms. The summed E-state index contributed by atoms with van der Waals surface area (Å²) in [6.07, 6.45) is 3.60. The molecule has 0 amide bonds. The lowest BCUT2D eigenvalue weighted by atomic mass is 10.2. The van der Waals surface area contributed by atoms with Crippen LogP contribution in [-0.4, -0.2) is 14.9 Å². The van der Waals surface area contributed by atoms with Crippen LogP contribution in [0, 0.1) is 6.92 Å². The van der Waals surface area contributed by atoms with Gasteiger partial charge in [-0.05, 0) is 25.5 Å². The fourth-order valence-electron chi connectivity index (χ4n) is 1.70. The van der Waals surface area contributed by atoms with Gasteiger partial charge in [-0.15, -0.1) is 0 Å². The molecule has 16 heavy (non-hydrogen) atoms. The summed E-state index contributed by atoms with van der Waals surface area (Å²) in [5.74, 6) is 0.255.